The van der Waals surface area contributed by atoms with Gasteiger partial charge in [0.05, 0.1) is 0 Å². The van der Waals surface area contributed by atoms with E-state index in [1.807, 2.05) is 0 Å². The smallest absolute Gasteiger partial charge is 0.306 e. The topological polar surface area (TPSA) is 78.9 Å². The fourth-order valence-electron chi connectivity index (χ4n) is 11.0. The van der Waals surface area contributed by atoms with Crippen molar-refractivity contribution in [3.05, 3.63) is 60.8 Å². The summed E-state index contributed by atoms with van der Waals surface area (Å²) in [5.41, 5.74) is 0. The van der Waals surface area contributed by atoms with E-state index in [1.54, 1.807) is 0 Å². The molecule has 1 atom stereocenters. The zero-order chi connectivity index (χ0) is 59.9. The molecule has 0 aliphatic rings. The highest BCUT2D eigenvalue weighted by molar-refractivity contribution is 5.71. The van der Waals surface area contributed by atoms with Crippen molar-refractivity contribution in [3.8, 4) is 0 Å². The standard InChI is InChI=1S/C77H140O6/c1-4-7-10-13-16-19-22-25-28-31-33-35-36-37-38-39-40-41-43-44-46-49-52-55-58-61-64-67-70-76(79)82-73-74(72-81-75(78)69-66-63-60-57-54-51-48-30-27-24-21-18-15-12-9-6-3)83-77(80)71-68-65-62-59-56-53-50-47-45-42-34-32-29-26-23-20-17-14-11-8-5-2/h21,23-24,26,30,32,34,45,47-48,74H,4-20,22,25,27-29,31,33,35-44,46,49-73H2,1-3H3/b24-21-,26-23-,34-32-,47-45-,48-30-. The van der Waals surface area contributed by atoms with Crippen LogP contribution in [0.5, 0.6) is 0 Å². The first-order chi connectivity index (χ1) is 41.0. The number of allylic oxidation sites excluding steroid dienone is 10. The molecule has 484 valence electrons. The predicted octanol–water partition coefficient (Wildman–Crippen LogP) is 25.5. The molecular formula is C77H140O6. The minimum Gasteiger partial charge on any atom is -0.462 e. The normalized spacial score (nSPS) is 12.4. The maximum atomic E-state index is 13.0. The maximum Gasteiger partial charge on any atom is 0.306 e. The maximum absolute atomic E-state index is 13.0. The van der Waals surface area contributed by atoms with Gasteiger partial charge in [0.1, 0.15) is 13.2 Å². The molecule has 0 saturated heterocycles. The van der Waals surface area contributed by atoms with Crippen LogP contribution in [0.4, 0.5) is 0 Å². The van der Waals surface area contributed by atoms with Crippen molar-refractivity contribution in [2.75, 3.05) is 13.2 Å². The lowest BCUT2D eigenvalue weighted by Crippen LogP contribution is -2.30. The lowest BCUT2D eigenvalue weighted by Gasteiger charge is -2.18. The van der Waals surface area contributed by atoms with Gasteiger partial charge in [0, 0.05) is 19.3 Å². The van der Waals surface area contributed by atoms with Gasteiger partial charge < -0.3 is 14.2 Å². The zero-order valence-corrected chi connectivity index (χ0v) is 55.7. The van der Waals surface area contributed by atoms with Crippen LogP contribution in [-0.4, -0.2) is 37.2 Å². The summed E-state index contributed by atoms with van der Waals surface area (Å²) in [4.78, 5) is 38.5. The van der Waals surface area contributed by atoms with E-state index in [0.29, 0.717) is 19.3 Å². The summed E-state index contributed by atoms with van der Waals surface area (Å²) in [6.45, 7) is 6.66. The summed E-state index contributed by atoms with van der Waals surface area (Å²) in [6, 6.07) is 0. The fourth-order valence-corrected chi connectivity index (χ4v) is 11.0. The third-order valence-corrected chi connectivity index (χ3v) is 16.5. The monoisotopic (exact) mass is 1160 g/mol. The lowest BCUT2D eigenvalue weighted by atomic mass is 10.0. The molecule has 0 saturated carbocycles. The van der Waals surface area contributed by atoms with E-state index >= 15 is 0 Å². The average molecular weight is 1160 g/mol. The van der Waals surface area contributed by atoms with Crippen molar-refractivity contribution in [3.63, 3.8) is 0 Å². The van der Waals surface area contributed by atoms with Gasteiger partial charge in [-0.15, -0.1) is 0 Å². The Labute approximate surface area is 517 Å². The van der Waals surface area contributed by atoms with Gasteiger partial charge in [-0.2, -0.15) is 0 Å². The number of rotatable bonds is 68. The molecule has 0 N–H and O–H groups in total. The summed E-state index contributed by atoms with van der Waals surface area (Å²) in [5, 5.41) is 0. The number of esters is 3. The number of carbonyl (C=O) groups excluding carboxylic acids is 3. The van der Waals surface area contributed by atoms with E-state index in [9.17, 15) is 14.4 Å². The predicted molar refractivity (Wildman–Crippen MR) is 362 cm³/mol. The van der Waals surface area contributed by atoms with Gasteiger partial charge in [-0.1, -0.05) is 345 Å². The summed E-state index contributed by atoms with van der Waals surface area (Å²) in [7, 11) is 0. The Morgan fingerprint density at radius 3 is 0.687 bits per heavy atom. The number of hydrogen-bond donors (Lipinski definition) is 0. The van der Waals surface area contributed by atoms with E-state index in [0.717, 1.165) is 103 Å². The van der Waals surface area contributed by atoms with Crippen molar-refractivity contribution < 1.29 is 28.6 Å². The Kier molecular flexibility index (Phi) is 69.1. The van der Waals surface area contributed by atoms with Crippen LogP contribution in [-0.2, 0) is 28.6 Å². The average Bonchev–Trinajstić information content (AvgIpc) is 3.49. The zero-order valence-electron chi connectivity index (χ0n) is 55.7. The van der Waals surface area contributed by atoms with E-state index in [-0.39, 0.29) is 31.1 Å². The van der Waals surface area contributed by atoms with Gasteiger partial charge in [0.25, 0.3) is 0 Å². The van der Waals surface area contributed by atoms with Crippen LogP contribution in [0, 0.1) is 0 Å². The summed E-state index contributed by atoms with van der Waals surface area (Å²) in [5.74, 6) is -0.883. The lowest BCUT2D eigenvalue weighted by molar-refractivity contribution is -0.167. The molecule has 0 aromatic rings. The Balaban J connectivity index is 4.29. The van der Waals surface area contributed by atoms with Crippen LogP contribution in [0.1, 0.15) is 393 Å². The Hall–Kier alpha value is -2.89. The van der Waals surface area contributed by atoms with Gasteiger partial charge in [0.2, 0.25) is 0 Å². The molecule has 0 spiro atoms. The van der Waals surface area contributed by atoms with Crippen molar-refractivity contribution in [2.24, 2.45) is 0 Å². The van der Waals surface area contributed by atoms with E-state index in [1.165, 1.54) is 250 Å². The van der Waals surface area contributed by atoms with Gasteiger partial charge >= 0.3 is 17.9 Å². The molecule has 0 fully saturated rings. The molecule has 6 heteroatoms. The van der Waals surface area contributed by atoms with Crippen LogP contribution in [0.3, 0.4) is 0 Å². The molecule has 0 aliphatic heterocycles. The van der Waals surface area contributed by atoms with Gasteiger partial charge in [-0.05, 0) is 89.9 Å². The molecule has 0 aromatic heterocycles. The number of unbranched alkanes of at least 4 members (excludes halogenated alkanes) is 47. The fraction of sp³-hybridized carbons (Fsp3) is 0.831. The van der Waals surface area contributed by atoms with Crippen LogP contribution in [0.15, 0.2) is 60.8 Å². The second-order valence-electron chi connectivity index (χ2n) is 24.9. The molecule has 0 aliphatic carbocycles. The Morgan fingerprint density at radius 1 is 0.241 bits per heavy atom. The van der Waals surface area contributed by atoms with Crippen LogP contribution < -0.4 is 0 Å². The third-order valence-electron chi connectivity index (χ3n) is 16.5. The van der Waals surface area contributed by atoms with Crippen LogP contribution in [0.2, 0.25) is 0 Å². The highest BCUT2D eigenvalue weighted by Crippen LogP contribution is 2.18. The quantitative estimate of drug-likeness (QED) is 0.0261. The molecule has 0 aromatic carbocycles. The second kappa shape index (κ2) is 71.6. The molecule has 0 heterocycles. The Bertz CT molecular complexity index is 1470. The highest BCUT2D eigenvalue weighted by atomic mass is 16.6. The van der Waals surface area contributed by atoms with Crippen molar-refractivity contribution in [2.45, 2.75) is 399 Å². The highest BCUT2D eigenvalue weighted by Gasteiger charge is 2.19. The molecule has 0 bridgehead atoms. The van der Waals surface area contributed by atoms with E-state index in [4.69, 9.17) is 14.2 Å². The summed E-state index contributed by atoms with van der Waals surface area (Å²) < 4.78 is 17.0. The molecule has 0 amide bonds. The number of hydrogen-bond acceptors (Lipinski definition) is 6. The minimum absolute atomic E-state index is 0.0808. The van der Waals surface area contributed by atoms with Crippen molar-refractivity contribution >= 4 is 17.9 Å². The third kappa shape index (κ3) is 69.8. The number of carbonyl (C=O) groups is 3. The van der Waals surface area contributed by atoms with Crippen LogP contribution >= 0.6 is 0 Å². The van der Waals surface area contributed by atoms with Gasteiger partial charge in [-0.3, -0.25) is 14.4 Å². The van der Waals surface area contributed by atoms with Gasteiger partial charge in [-0.25, -0.2) is 0 Å². The SMILES string of the molecule is CCCCCC/C=C\C/C=C\CCCCCCCC(=O)OCC(COC(=O)CCCCCCCCCCCCCCCCCCCCCCCCCCCCCC)OC(=O)CCCCCCCC/C=C\C/C=C\C/C=C\CCCCCCC. The number of ether oxygens (including phenoxy) is 3. The summed E-state index contributed by atoms with van der Waals surface area (Å²) in [6.07, 6.45) is 92.6. The molecule has 0 rings (SSSR count). The minimum atomic E-state index is -0.788. The second-order valence-corrected chi connectivity index (χ2v) is 24.9. The van der Waals surface area contributed by atoms with Crippen LogP contribution in [0.25, 0.3) is 0 Å². The first kappa shape index (κ1) is 80.1. The first-order valence-corrected chi connectivity index (χ1v) is 36.8. The van der Waals surface area contributed by atoms with Crippen molar-refractivity contribution in [1.82, 2.24) is 0 Å². The van der Waals surface area contributed by atoms with Gasteiger partial charge in [0.15, 0.2) is 6.10 Å². The first-order valence-electron chi connectivity index (χ1n) is 36.8. The Morgan fingerprint density at radius 2 is 0.434 bits per heavy atom. The van der Waals surface area contributed by atoms with E-state index < -0.39 is 6.10 Å². The molecular weight excluding hydrogens is 1020 g/mol. The molecule has 6 nitrogen and oxygen atoms in total. The molecule has 1 unspecified atom stereocenters. The van der Waals surface area contributed by atoms with Crippen molar-refractivity contribution in [1.29, 1.82) is 0 Å². The largest absolute Gasteiger partial charge is 0.462 e. The van der Waals surface area contributed by atoms with E-state index in [2.05, 4.69) is 81.5 Å². The molecule has 83 heavy (non-hydrogen) atoms. The summed E-state index contributed by atoms with van der Waals surface area (Å²) >= 11 is 0. The molecule has 0 radical (unpaired) electrons.